The van der Waals surface area contributed by atoms with Gasteiger partial charge in [0.05, 0.1) is 20.8 Å². The number of ether oxygens (including phenoxy) is 5. The molecule has 3 heterocycles. The topological polar surface area (TPSA) is 111 Å². The van der Waals surface area contributed by atoms with Crippen molar-refractivity contribution in [2.45, 2.75) is 19.5 Å². The minimum atomic E-state index is -1.13. The van der Waals surface area contributed by atoms with Gasteiger partial charge in [-0.3, -0.25) is 19.8 Å². The Morgan fingerprint density at radius 3 is 2.58 bits per heavy atom. The van der Waals surface area contributed by atoms with Gasteiger partial charge < -0.3 is 28.6 Å². The fourth-order valence-electron chi connectivity index (χ4n) is 4.93. The van der Waals surface area contributed by atoms with Crippen LogP contribution in [-0.2, 0) is 20.9 Å². The molecule has 202 valence electrons. The molecule has 3 aliphatic rings. The van der Waals surface area contributed by atoms with E-state index in [0.29, 0.717) is 36.1 Å². The Kier molecular flexibility index (Phi) is 7.54. The van der Waals surface area contributed by atoms with E-state index in [1.165, 1.54) is 7.11 Å². The van der Waals surface area contributed by atoms with Crippen LogP contribution in [0.1, 0.15) is 24.1 Å². The van der Waals surface area contributed by atoms with E-state index in [-0.39, 0.29) is 13.4 Å². The van der Waals surface area contributed by atoms with Gasteiger partial charge in [0.25, 0.3) is 0 Å². The third-order valence-corrected chi connectivity index (χ3v) is 6.91. The number of nitrogens with zero attached hydrogens (tertiary/aromatic N) is 3. The quantitative estimate of drug-likeness (QED) is 0.429. The average molecular weight is 525 g/mol. The Balaban J connectivity index is 1.34. The maximum Gasteiger partial charge on any atom is 0.321 e. The highest BCUT2D eigenvalue weighted by molar-refractivity contribution is 6.08. The summed E-state index contributed by atoms with van der Waals surface area (Å²) in [5, 5.41) is 2.85. The summed E-state index contributed by atoms with van der Waals surface area (Å²) in [6.07, 6.45) is 0. The van der Waals surface area contributed by atoms with Crippen molar-refractivity contribution in [1.82, 2.24) is 15.1 Å². The van der Waals surface area contributed by atoms with Crippen LogP contribution in [0.5, 0.6) is 23.0 Å². The normalized spacial score (nSPS) is 21.0. The Morgan fingerprint density at radius 2 is 1.84 bits per heavy atom. The Labute approximate surface area is 221 Å². The molecule has 2 aromatic rings. The van der Waals surface area contributed by atoms with Crippen molar-refractivity contribution in [3.8, 4) is 23.0 Å². The number of methoxy groups -OCH3 is 2. The largest absolute Gasteiger partial charge is 0.497 e. The number of amides is 1. The molecule has 0 spiro atoms. The number of guanidine groups is 1. The van der Waals surface area contributed by atoms with Crippen molar-refractivity contribution in [2.24, 2.45) is 10.9 Å². The highest BCUT2D eigenvalue weighted by atomic mass is 16.7. The fourth-order valence-corrected chi connectivity index (χ4v) is 4.93. The standard InChI is InChI=1S/C27H32N4O7/c1-4-36-26(33)23-24(19-7-6-18(34-2)14-21(19)35-3)28-27(29-25(23)32)31-11-9-30(10-12-31)15-17-5-8-20-22(13-17)38-16-37-20/h5-8,13-14,23-24H,4,9-12,15-16H2,1-3H3,(H,28,29,32). The zero-order valence-electron chi connectivity index (χ0n) is 21.8. The maximum atomic E-state index is 13.3. The smallest absolute Gasteiger partial charge is 0.321 e. The molecule has 38 heavy (non-hydrogen) atoms. The zero-order valence-corrected chi connectivity index (χ0v) is 21.8. The van der Waals surface area contributed by atoms with Crippen LogP contribution < -0.4 is 24.3 Å². The van der Waals surface area contributed by atoms with Gasteiger partial charge in [0.1, 0.15) is 17.5 Å². The first-order chi connectivity index (χ1) is 18.5. The molecule has 0 aliphatic carbocycles. The molecule has 0 saturated carbocycles. The minimum Gasteiger partial charge on any atom is -0.497 e. The highest BCUT2D eigenvalue weighted by Gasteiger charge is 2.43. The summed E-state index contributed by atoms with van der Waals surface area (Å²) < 4.78 is 27.0. The van der Waals surface area contributed by atoms with E-state index in [1.807, 2.05) is 23.1 Å². The zero-order chi connectivity index (χ0) is 26.6. The number of rotatable bonds is 7. The molecule has 11 heteroatoms. The number of aliphatic imine (C=N–C) groups is 1. The van der Waals surface area contributed by atoms with E-state index >= 15 is 0 Å². The highest BCUT2D eigenvalue weighted by Crippen LogP contribution is 2.38. The predicted molar refractivity (Wildman–Crippen MR) is 137 cm³/mol. The lowest BCUT2D eigenvalue weighted by molar-refractivity contribution is -0.153. The van der Waals surface area contributed by atoms with E-state index in [0.717, 1.165) is 36.7 Å². The van der Waals surface area contributed by atoms with Crippen molar-refractivity contribution in [3.63, 3.8) is 0 Å². The summed E-state index contributed by atoms with van der Waals surface area (Å²) in [4.78, 5) is 35.3. The van der Waals surface area contributed by atoms with Crippen LogP contribution in [-0.4, -0.2) is 81.4 Å². The van der Waals surface area contributed by atoms with E-state index in [1.54, 1.807) is 32.2 Å². The van der Waals surface area contributed by atoms with Crippen molar-refractivity contribution >= 4 is 17.8 Å². The average Bonchev–Trinajstić information content (AvgIpc) is 3.40. The fraction of sp³-hybridized carbons (Fsp3) is 0.444. The number of carbonyl (C=O) groups excluding carboxylic acids is 2. The van der Waals surface area contributed by atoms with Gasteiger partial charge in [0, 0.05) is 44.4 Å². The lowest BCUT2D eigenvalue weighted by Crippen LogP contribution is -2.57. The van der Waals surface area contributed by atoms with Gasteiger partial charge in [-0.2, -0.15) is 0 Å². The lowest BCUT2D eigenvalue weighted by Gasteiger charge is -2.39. The third kappa shape index (κ3) is 5.19. The van der Waals surface area contributed by atoms with Crippen molar-refractivity contribution < 1.29 is 33.3 Å². The monoisotopic (exact) mass is 524 g/mol. The Bertz CT molecular complexity index is 1230. The van der Waals surface area contributed by atoms with Crippen LogP contribution in [0.2, 0.25) is 0 Å². The van der Waals surface area contributed by atoms with Crippen LogP contribution in [0.25, 0.3) is 0 Å². The molecular weight excluding hydrogens is 492 g/mol. The van der Waals surface area contributed by atoms with Crippen LogP contribution in [0, 0.1) is 5.92 Å². The predicted octanol–water partition coefficient (Wildman–Crippen LogP) is 1.96. The minimum absolute atomic E-state index is 0.164. The number of esters is 1. The second-order valence-corrected chi connectivity index (χ2v) is 9.18. The first-order valence-electron chi connectivity index (χ1n) is 12.6. The van der Waals surface area contributed by atoms with E-state index in [2.05, 4.69) is 10.2 Å². The van der Waals surface area contributed by atoms with Gasteiger partial charge in [-0.1, -0.05) is 6.07 Å². The molecule has 0 aromatic heterocycles. The number of hydrogen-bond donors (Lipinski definition) is 1. The van der Waals surface area contributed by atoms with Gasteiger partial charge in [0.15, 0.2) is 17.4 Å². The lowest BCUT2D eigenvalue weighted by atomic mass is 9.90. The number of carbonyl (C=O) groups is 2. The molecule has 1 saturated heterocycles. The molecule has 3 aliphatic heterocycles. The van der Waals surface area contributed by atoms with E-state index < -0.39 is 23.8 Å². The third-order valence-electron chi connectivity index (χ3n) is 6.91. The van der Waals surface area contributed by atoms with Crippen molar-refractivity contribution in [1.29, 1.82) is 0 Å². The molecule has 1 N–H and O–H groups in total. The molecule has 2 unspecified atom stereocenters. The van der Waals surface area contributed by atoms with Gasteiger partial charge in [0.2, 0.25) is 18.7 Å². The molecule has 2 atom stereocenters. The van der Waals surface area contributed by atoms with Crippen molar-refractivity contribution in [2.75, 3.05) is 53.8 Å². The molecule has 1 amide bonds. The Hall–Kier alpha value is -3.99. The van der Waals surface area contributed by atoms with Gasteiger partial charge in [-0.25, -0.2) is 4.99 Å². The van der Waals surface area contributed by atoms with Gasteiger partial charge in [-0.15, -0.1) is 0 Å². The molecule has 11 nitrogen and oxygen atoms in total. The van der Waals surface area contributed by atoms with Gasteiger partial charge in [-0.05, 0) is 36.8 Å². The summed E-state index contributed by atoms with van der Waals surface area (Å²) in [6.45, 7) is 5.80. The second kappa shape index (κ2) is 11.2. The molecule has 0 radical (unpaired) electrons. The first-order valence-corrected chi connectivity index (χ1v) is 12.6. The summed E-state index contributed by atoms with van der Waals surface area (Å²) in [6, 6.07) is 10.5. The summed E-state index contributed by atoms with van der Waals surface area (Å²) in [5.74, 6) is 0.874. The van der Waals surface area contributed by atoms with Crippen LogP contribution in [0.15, 0.2) is 41.4 Å². The van der Waals surface area contributed by atoms with Crippen LogP contribution in [0.4, 0.5) is 0 Å². The van der Waals surface area contributed by atoms with Crippen molar-refractivity contribution in [3.05, 3.63) is 47.5 Å². The second-order valence-electron chi connectivity index (χ2n) is 9.18. The summed E-state index contributed by atoms with van der Waals surface area (Å²) in [5.41, 5.74) is 1.76. The molecular formula is C27H32N4O7. The molecule has 1 fully saturated rings. The molecule has 2 aromatic carbocycles. The van der Waals surface area contributed by atoms with Gasteiger partial charge >= 0.3 is 5.97 Å². The molecule has 5 rings (SSSR count). The number of fused-ring (bicyclic) bond motifs is 1. The van der Waals surface area contributed by atoms with Crippen LogP contribution in [0.3, 0.4) is 0 Å². The first kappa shape index (κ1) is 25.7. The number of benzene rings is 2. The Morgan fingerprint density at radius 1 is 1.05 bits per heavy atom. The van der Waals surface area contributed by atoms with E-state index in [9.17, 15) is 9.59 Å². The summed E-state index contributed by atoms with van der Waals surface area (Å²) >= 11 is 0. The maximum absolute atomic E-state index is 13.3. The number of hydrogen-bond acceptors (Lipinski definition) is 10. The number of piperazine rings is 1. The van der Waals surface area contributed by atoms with E-state index in [4.69, 9.17) is 28.7 Å². The molecule has 0 bridgehead atoms. The summed E-state index contributed by atoms with van der Waals surface area (Å²) in [7, 11) is 3.09. The van der Waals surface area contributed by atoms with Crippen LogP contribution >= 0.6 is 0 Å². The SMILES string of the molecule is CCOC(=O)C1C(=O)NC(N2CCN(Cc3ccc4c(c3)OCO4)CC2)=NC1c1ccc(OC)cc1OC. The number of nitrogens with one attached hydrogen (secondary N) is 1.